The molecule has 0 saturated heterocycles. The third-order valence-electron chi connectivity index (χ3n) is 2.15. The fraction of sp³-hybridized carbons (Fsp3) is 0.462. The minimum atomic E-state index is -0.379. The van der Waals surface area contributed by atoms with Crippen LogP contribution in [-0.2, 0) is 4.74 Å². The van der Waals surface area contributed by atoms with E-state index in [-0.39, 0.29) is 11.5 Å². The van der Waals surface area contributed by atoms with Crippen LogP contribution in [-0.4, -0.2) is 25.7 Å². The van der Waals surface area contributed by atoms with Gasteiger partial charge in [-0.2, -0.15) is 0 Å². The Hall–Kier alpha value is -1.71. The second-order valence-electron chi connectivity index (χ2n) is 4.75. The summed E-state index contributed by atoms with van der Waals surface area (Å²) in [7, 11) is 2.94. The first-order chi connectivity index (χ1) is 7.89. The number of ether oxygens (including phenoxy) is 2. The Kier molecular flexibility index (Phi) is 3.99. The molecule has 17 heavy (non-hydrogen) atoms. The van der Waals surface area contributed by atoms with Gasteiger partial charge in [-0.15, -0.1) is 0 Å². The maximum atomic E-state index is 11.7. The van der Waals surface area contributed by atoms with Crippen molar-refractivity contribution < 1.29 is 14.3 Å². The lowest BCUT2D eigenvalue weighted by Crippen LogP contribution is -2.27. The second-order valence-corrected chi connectivity index (χ2v) is 4.75. The number of rotatable bonds is 3. The molecule has 0 bridgehead atoms. The van der Waals surface area contributed by atoms with Crippen LogP contribution in [0.25, 0.3) is 0 Å². The molecule has 4 heteroatoms. The van der Waals surface area contributed by atoms with Gasteiger partial charge in [0.25, 0.3) is 0 Å². The first-order valence-electron chi connectivity index (χ1n) is 5.42. The van der Waals surface area contributed by atoms with Crippen molar-refractivity contribution in [3.8, 4) is 5.75 Å². The second kappa shape index (κ2) is 5.08. The predicted octanol–water partition coefficient (Wildman–Crippen LogP) is 2.69. The number of carbonyl (C=O) groups is 1. The molecule has 0 amide bonds. The van der Waals surface area contributed by atoms with E-state index in [0.29, 0.717) is 17.0 Å². The number of hydrogen-bond acceptors (Lipinski definition) is 4. The summed E-state index contributed by atoms with van der Waals surface area (Å²) in [6.07, 6.45) is 0. The van der Waals surface area contributed by atoms with E-state index in [1.54, 1.807) is 25.3 Å². The molecule has 0 aliphatic rings. The third kappa shape index (κ3) is 3.37. The van der Waals surface area contributed by atoms with Gasteiger partial charge in [0, 0.05) is 5.54 Å². The molecule has 1 rings (SSSR count). The highest BCUT2D eigenvalue weighted by atomic mass is 16.5. The summed E-state index contributed by atoms with van der Waals surface area (Å²) >= 11 is 0. The maximum absolute atomic E-state index is 11.7. The summed E-state index contributed by atoms with van der Waals surface area (Å²) in [5.41, 5.74) is 0.966. The van der Waals surface area contributed by atoms with Crippen molar-refractivity contribution in [3.05, 3.63) is 23.8 Å². The molecule has 0 aromatic heterocycles. The molecule has 4 nitrogen and oxygen atoms in total. The lowest BCUT2D eigenvalue weighted by molar-refractivity contribution is 0.0601. The van der Waals surface area contributed by atoms with Crippen LogP contribution >= 0.6 is 0 Å². The number of para-hydroxylation sites is 1. The van der Waals surface area contributed by atoms with Crippen LogP contribution in [0.3, 0.4) is 0 Å². The zero-order valence-corrected chi connectivity index (χ0v) is 11.0. The molecule has 1 aromatic carbocycles. The summed E-state index contributed by atoms with van der Waals surface area (Å²) in [4.78, 5) is 11.7. The van der Waals surface area contributed by atoms with Crippen molar-refractivity contribution in [1.82, 2.24) is 0 Å². The van der Waals surface area contributed by atoms with Crippen LogP contribution in [0.2, 0.25) is 0 Å². The first-order valence-corrected chi connectivity index (χ1v) is 5.42. The lowest BCUT2D eigenvalue weighted by atomic mass is 10.1. The van der Waals surface area contributed by atoms with Gasteiger partial charge in [-0.3, -0.25) is 0 Å². The highest BCUT2D eigenvalue weighted by molar-refractivity contribution is 5.97. The molecule has 0 atom stereocenters. The molecule has 0 aliphatic heterocycles. The molecule has 0 heterocycles. The van der Waals surface area contributed by atoms with E-state index in [2.05, 4.69) is 5.32 Å². The first kappa shape index (κ1) is 13.4. The Morgan fingerprint density at radius 1 is 1.24 bits per heavy atom. The average molecular weight is 237 g/mol. The largest absolute Gasteiger partial charge is 0.495 e. The zero-order valence-electron chi connectivity index (χ0n) is 11.0. The van der Waals surface area contributed by atoms with E-state index < -0.39 is 0 Å². The fourth-order valence-electron chi connectivity index (χ4n) is 1.49. The Morgan fingerprint density at radius 3 is 2.35 bits per heavy atom. The summed E-state index contributed by atoms with van der Waals surface area (Å²) in [5.74, 6) is 0.249. The van der Waals surface area contributed by atoms with Crippen molar-refractivity contribution in [3.63, 3.8) is 0 Å². The molecule has 1 N–H and O–H groups in total. The van der Waals surface area contributed by atoms with Gasteiger partial charge in [-0.1, -0.05) is 6.07 Å². The Bertz CT molecular complexity index is 408. The summed E-state index contributed by atoms with van der Waals surface area (Å²) in [6, 6.07) is 5.28. The van der Waals surface area contributed by atoms with E-state index >= 15 is 0 Å². The quantitative estimate of drug-likeness (QED) is 0.821. The van der Waals surface area contributed by atoms with Crippen molar-refractivity contribution in [2.24, 2.45) is 0 Å². The van der Waals surface area contributed by atoms with Gasteiger partial charge in [0.15, 0.2) is 0 Å². The Morgan fingerprint density at radius 2 is 1.88 bits per heavy atom. The van der Waals surface area contributed by atoms with Crippen molar-refractivity contribution in [2.75, 3.05) is 19.5 Å². The van der Waals surface area contributed by atoms with Crippen molar-refractivity contribution in [2.45, 2.75) is 26.3 Å². The summed E-state index contributed by atoms with van der Waals surface area (Å²) < 4.78 is 10.0. The minimum absolute atomic E-state index is 0.169. The standard InChI is InChI=1S/C13H19NO3/c1-13(2,3)14-11-9(12(15)17-5)7-6-8-10(11)16-4/h6-8,14H,1-5H3. The van der Waals surface area contributed by atoms with Gasteiger partial charge < -0.3 is 14.8 Å². The third-order valence-corrected chi connectivity index (χ3v) is 2.15. The lowest BCUT2D eigenvalue weighted by Gasteiger charge is -2.25. The number of nitrogens with one attached hydrogen (secondary N) is 1. The van der Waals surface area contributed by atoms with Gasteiger partial charge in [-0.25, -0.2) is 4.79 Å². The minimum Gasteiger partial charge on any atom is -0.495 e. The molecule has 0 unspecified atom stereocenters. The summed E-state index contributed by atoms with van der Waals surface area (Å²) in [6.45, 7) is 6.04. The van der Waals surface area contributed by atoms with E-state index in [1.807, 2.05) is 20.8 Å². The molecule has 0 spiro atoms. The smallest absolute Gasteiger partial charge is 0.340 e. The van der Waals surface area contributed by atoms with Crippen LogP contribution in [0.1, 0.15) is 31.1 Å². The topological polar surface area (TPSA) is 47.6 Å². The van der Waals surface area contributed by atoms with Crippen LogP contribution in [0.15, 0.2) is 18.2 Å². The van der Waals surface area contributed by atoms with Crippen molar-refractivity contribution >= 4 is 11.7 Å². The van der Waals surface area contributed by atoms with Crippen LogP contribution in [0.5, 0.6) is 5.75 Å². The molecule has 0 aliphatic carbocycles. The SMILES string of the molecule is COC(=O)c1cccc(OC)c1NC(C)(C)C. The molecule has 0 saturated carbocycles. The van der Waals surface area contributed by atoms with Crippen LogP contribution < -0.4 is 10.1 Å². The van der Waals surface area contributed by atoms with Crippen molar-refractivity contribution in [1.29, 1.82) is 0 Å². The Balaban J connectivity index is 3.25. The molecule has 0 radical (unpaired) electrons. The normalized spacial score (nSPS) is 10.9. The fourth-order valence-corrected chi connectivity index (χ4v) is 1.49. The van der Waals surface area contributed by atoms with E-state index in [1.165, 1.54) is 7.11 Å². The van der Waals surface area contributed by atoms with E-state index in [4.69, 9.17) is 9.47 Å². The molecule has 0 fully saturated rings. The highest BCUT2D eigenvalue weighted by Gasteiger charge is 2.20. The van der Waals surface area contributed by atoms with Gasteiger partial charge in [-0.05, 0) is 32.9 Å². The predicted molar refractivity (Wildman–Crippen MR) is 67.7 cm³/mol. The number of anilines is 1. The number of benzene rings is 1. The average Bonchev–Trinajstić information content (AvgIpc) is 2.26. The molecular weight excluding hydrogens is 218 g/mol. The molecular formula is C13H19NO3. The molecule has 94 valence electrons. The van der Waals surface area contributed by atoms with Crippen LogP contribution in [0.4, 0.5) is 5.69 Å². The van der Waals surface area contributed by atoms with E-state index in [9.17, 15) is 4.79 Å². The van der Waals surface area contributed by atoms with Gasteiger partial charge in [0.2, 0.25) is 0 Å². The number of hydrogen-bond donors (Lipinski definition) is 1. The van der Waals surface area contributed by atoms with Gasteiger partial charge in [0.1, 0.15) is 5.75 Å². The monoisotopic (exact) mass is 237 g/mol. The highest BCUT2D eigenvalue weighted by Crippen LogP contribution is 2.31. The zero-order chi connectivity index (χ0) is 13.1. The maximum Gasteiger partial charge on any atom is 0.340 e. The number of methoxy groups -OCH3 is 2. The van der Waals surface area contributed by atoms with Crippen LogP contribution in [0, 0.1) is 0 Å². The number of esters is 1. The van der Waals surface area contributed by atoms with Gasteiger partial charge >= 0.3 is 5.97 Å². The number of carbonyl (C=O) groups excluding carboxylic acids is 1. The molecule has 1 aromatic rings. The van der Waals surface area contributed by atoms with E-state index in [0.717, 1.165) is 0 Å². The summed E-state index contributed by atoms with van der Waals surface area (Å²) in [5, 5.41) is 3.26. The van der Waals surface area contributed by atoms with Gasteiger partial charge in [0.05, 0.1) is 25.5 Å². The Labute approximate surface area is 102 Å².